The van der Waals surface area contributed by atoms with Gasteiger partial charge in [-0.2, -0.15) is 0 Å². The first-order valence-corrected chi connectivity index (χ1v) is 18.6. The number of para-hydroxylation sites is 1. The molecule has 212 valence electrons. The fourth-order valence-electron chi connectivity index (χ4n) is 3.81. The van der Waals surface area contributed by atoms with Crippen molar-refractivity contribution in [2.45, 2.75) is 25.7 Å². The highest BCUT2D eigenvalue weighted by molar-refractivity contribution is 9.10. The first-order chi connectivity index (χ1) is 18.9. The number of rotatable bonds is 11. The van der Waals surface area contributed by atoms with Gasteiger partial charge in [-0.3, -0.25) is 9.55 Å². The van der Waals surface area contributed by atoms with Gasteiger partial charge in [0.1, 0.15) is 17.2 Å². The van der Waals surface area contributed by atoms with Gasteiger partial charge in [-0.05, 0) is 58.4 Å². The number of aromatic nitrogens is 4. The zero-order valence-electron chi connectivity index (χ0n) is 22.6. The Morgan fingerprint density at radius 1 is 1.12 bits per heavy atom. The van der Waals surface area contributed by atoms with Crippen LogP contribution in [0.25, 0.3) is 23.3 Å². The van der Waals surface area contributed by atoms with E-state index >= 15 is 0 Å². The Kier molecular flexibility index (Phi) is 9.08. The summed E-state index contributed by atoms with van der Waals surface area (Å²) < 4.78 is 48.4. The molecule has 0 aliphatic heterocycles. The molecular formula is C26H29BrClN5O5SSi. The molecule has 3 heterocycles. The Labute approximate surface area is 247 Å². The maximum Gasteiger partial charge on any atom is 0.259 e. The van der Waals surface area contributed by atoms with Crippen molar-refractivity contribution in [1.29, 1.82) is 0 Å². The van der Waals surface area contributed by atoms with E-state index in [0.29, 0.717) is 44.2 Å². The van der Waals surface area contributed by atoms with Crippen molar-refractivity contribution in [3.8, 4) is 28.8 Å². The average molecular weight is 667 g/mol. The minimum Gasteiger partial charge on any atom is -0.494 e. The molecule has 0 atom stereocenters. The number of anilines is 1. The van der Waals surface area contributed by atoms with Crippen LogP contribution in [0, 0.1) is 0 Å². The van der Waals surface area contributed by atoms with Crippen molar-refractivity contribution in [1.82, 2.24) is 19.7 Å². The van der Waals surface area contributed by atoms with Crippen molar-refractivity contribution < 1.29 is 22.3 Å². The van der Waals surface area contributed by atoms with Gasteiger partial charge in [-0.15, -0.1) is 10.2 Å². The number of pyridine rings is 1. The van der Waals surface area contributed by atoms with Crippen LogP contribution in [0.1, 0.15) is 5.69 Å². The fraction of sp³-hybridized carbons (Fsp3) is 0.269. The number of halogens is 2. The van der Waals surface area contributed by atoms with Crippen LogP contribution in [0.4, 0.5) is 5.95 Å². The summed E-state index contributed by atoms with van der Waals surface area (Å²) in [5.74, 6) is 1.59. The third-order valence-electron chi connectivity index (χ3n) is 5.84. The smallest absolute Gasteiger partial charge is 0.259 e. The van der Waals surface area contributed by atoms with Gasteiger partial charge in [0.2, 0.25) is 11.8 Å². The zero-order valence-corrected chi connectivity index (χ0v) is 26.8. The highest BCUT2D eigenvalue weighted by Crippen LogP contribution is 2.39. The summed E-state index contributed by atoms with van der Waals surface area (Å²) >= 11 is 9.39. The predicted octanol–water partition coefficient (Wildman–Crippen LogP) is 6.50. The van der Waals surface area contributed by atoms with Gasteiger partial charge in [0.25, 0.3) is 10.0 Å². The molecular weight excluding hydrogens is 638 g/mol. The van der Waals surface area contributed by atoms with Crippen molar-refractivity contribution in [2.24, 2.45) is 0 Å². The number of sulfonamides is 1. The Morgan fingerprint density at radius 2 is 1.82 bits per heavy atom. The van der Waals surface area contributed by atoms with E-state index in [4.69, 9.17) is 25.5 Å². The first kappa shape index (κ1) is 29.8. The van der Waals surface area contributed by atoms with Gasteiger partial charge in [0, 0.05) is 25.3 Å². The summed E-state index contributed by atoms with van der Waals surface area (Å²) in [5.41, 5.74) is 0.834. The van der Waals surface area contributed by atoms with Gasteiger partial charge in [0.15, 0.2) is 5.76 Å². The van der Waals surface area contributed by atoms with Crippen molar-refractivity contribution in [2.75, 3.05) is 25.1 Å². The monoisotopic (exact) mass is 665 g/mol. The lowest BCUT2D eigenvalue weighted by molar-refractivity contribution is 0.391. The van der Waals surface area contributed by atoms with Crippen LogP contribution in [0.15, 0.2) is 63.2 Å². The number of ether oxygens (including phenoxy) is 2. The molecule has 0 aliphatic carbocycles. The number of hydrogen-bond donors (Lipinski definition) is 0. The summed E-state index contributed by atoms with van der Waals surface area (Å²) in [6.45, 7) is 6.69. The molecule has 3 aromatic heterocycles. The lowest BCUT2D eigenvalue weighted by Gasteiger charge is -2.26. The Bertz CT molecular complexity index is 1600. The molecule has 0 unspecified atom stereocenters. The molecule has 0 N–H and O–H groups in total. The van der Waals surface area contributed by atoms with E-state index in [1.807, 2.05) is 0 Å². The van der Waals surface area contributed by atoms with E-state index in [9.17, 15) is 8.42 Å². The second-order valence-electron chi connectivity index (χ2n) is 9.90. The molecule has 1 aromatic carbocycles. The van der Waals surface area contributed by atoms with Crippen LogP contribution in [0.2, 0.25) is 30.7 Å². The minimum atomic E-state index is -4.10. The van der Waals surface area contributed by atoms with E-state index in [0.717, 1.165) is 5.41 Å². The maximum atomic E-state index is 14.0. The Hall–Kier alpha value is -3.13. The van der Waals surface area contributed by atoms with E-state index in [-0.39, 0.29) is 18.3 Å². The Morgan fingerprint density at radius 3 is 2.40 bits per heavy atom. The number of hydrogen-bond acceptors (Lipinski definition) is 8. The molecule has 0 aliphatic rings. The molecule has 4 aromatic rings. The van der Waals surface area contributed by atoms with Crippen molar-refractivity contribution in [3.63, 3.8) is 0 Å². The van der Waals surface area contributed by atoms with Crippen LogP contribution in [0.5, 0.6) is 11.5 Å². The summed E-state index contributed by atoms with van der Waals surface area (Å²) in [6.07, 6.45) is 4.36. The molecule has 0 saturated heterocycles. The minimum absolute atomic E-state index is 0.0558. The summed E-state index contributed by atoms with van der Waals surface area (Å²) in [5, 5.41) is 10.3. The van der Waals surface area contributed by atoms with E-state index in [2.05, 4.69) is 50.8 Å². The molecule has 0 bridgehead atoms. The number of benzene rings is 1. The lowest BCUT2D eigenvalue weighted by Crippen LogP contribution is -2.36. The molecule has 4 rings (SSSR count). The lowest BCUT2D eigenvalue weighted by atomic mass is 10.2. The van der Waals surface area contributed by atoms with Gasteiger partial charge >= 0.3 is 0 Å². The third-order valence-corrected chi connectivity index (χ3v) is 9.85. The van der Waals surface area contributed by atoms with Crippen LogP contribution in [-0.4, -0.2) is 57.0 Å². The molecule has 0 radical (unpaired) electrons. The van der Waals surface area contributed by atoms with Crippen LogP contribution < -0.4 is 13.8 Å². The summed E-state index contributed by atoms with van der Waals surface area (Å²) in [6, 6.07) is 11.0. The fourth-order valence-corrected chi connectivity index (χ4v) is 6.78. The topological polar surface area (TPSA) is 113 Å². The van der Waals surface area contributed by atoms with Gasteiger partial charge < -0.3 is 13.9 Å². The van der Waals surface area contributed by atoms with Crippen LogP contribution in [-0.2, 0) is 10.0 Å². The highest BCUT2D eigenvalue weighted by Gasteiger charge is 2.32. The molecule has 40 heavy (non-hydrogen) atoms. The molecule has 0 amide bonds. The molecule has 14 heteroatoms. The number of nitrogens with zero attached hydrogens (tertiary/aromatic N) is 5. The first-order valence-electron chi connectivity index (χ1n) is 12.2. The summed E-state index contributed by atoms with van der Waals surface area (Å²) in [4.78, 5) is 4.23. The van der Waals surface area contributed by atoms with Gasteiger partial charge in [-0.1, -0.05) is 37.3 Å². The van der Waals surface area contributed by atoms with E-state index in [1.54, 1.807) is 41.0 Å². The zero-order chi connectivity index (χ0) is 29.1. The largest absolute Gasteiger partial charge is 0.494 e. The second-order valence-corrected chi connectivity index (χ2v) is 18.6. The van der Waals surface area contributed by atoms with Crippen molar-refractivity contribution in [3.05, 3.63) is 69.5 Å². The molecule has 0 spiro atoms. The molecule has 0 saturated carbocycles. The van der Waals surface area contributed by atoms with Gasteiger partial charge in [0.05, 0.1) is 36.6 Å². The van der Waals surface area contributed by atoms with E-state index in [1.165, 1.54) is 37.1 Å². The predicted molar refractivity (Wildman–Crippen MR) is 163 cm³/mol. The van der Waals surface area contributed by atoms with E-state index < -0.39 is 18.1 Å². The number of furan rings is 1. The quantitative estimate of drug-likeness (QED) is 0.167. The number of methoxy groups -OCH3 is 2. The maximum absolute atomic E-state index is 14.0. The van der Waals surface area contributed by atoms with Gasteiger partial charge in [-0.25, -0.2) is 12.7 Å². The second kappa shape index (κ2) is 12.2. The normalized spacial score (nSPS) is 12.2. The third kappa shape index (κ3) is 6.60. The highest BCUT2D eigenvalue weighted by atomic mass is 79.9. The molecule has 10 nitrogen and oxygen atoms in total. The SMILES string of the molecule is COc1cccc(OC)c1-n1c(-c2ccco2)nnc1N(CC[Si](C)(C)C)S(=O)(=O)/C=C/c1ncc(Cl)cc1Br. The Balaban J connectivity index is 1.95. The average Bonchev–Trinajstić information content (AvgIpc) is 3.57. The molecule has 0 fully saturated rings. The summed E-state index contributed by atoms with van der Waals surface area (Å²) in [7, 11) is -2.76. The standard InChI is InChI=1S/C26H29BrClN5O5SSi/c1-36-21-8-6-9-22(37-2)24(21)33-25(23-10-7-13-38-23)30-31-26(33)32(12-15-40(3,4)5)39(34,35)14-11-20-19(27)16-18(28)17-29-20/h6-11,13-14,16-17H,12,15H2,1-5H3/b14-11+. The van der Waals surface area contributed by atoms with Crippen LogP contribution in [0.3, 0.4) is 0 Å². The van der Waals surface area contributed by atoms with Crippen LogP contribution >= 0.6 is 27.5 Å². The van der Waals surface area contributed by atoms with Crippen molar-refractivity contribution >= 4 is 57.7 Å².